The Kier molecular flexibility index (Phi) is 5.71. The Labute approximate surface area is 109 Å². The maximum absolute atomic E-state index is 12.0. The Bertz CT molecular complexity index is 474. The van der Waals surface area contributed by atoms with Gasteiger partial charge in [0.25, 0.3) is 0 Å². The number of aryl methyl sites for hydroxylation is 1. The largest absolute Gasteiger partial charge is 0.316 e. The molecule has 18 heavy (non-hydrogen) atoms. The lowest BCUT2D eigenvalue weighted by atomic mass is 10.3. The summed E-state index contributed by atoms with van der Waals surface area (Å²) in [7, 11) is -1.62. The van der Waals surface area contributed by atoms with Gasteiger partial charge in [0.1, 0.15) is 0 Å². The van der Waals surface area contributed by atoms with Gasteiger partial charge in [-0.2, -0.15) is 4.31 Å². The molecule has 0 amide bonds. The van der Waals surface area contributed by atoms with E-state index in [-0.39, 0.29) is 5.75 Å². The van der Waals surface area contributed by atoms with Crippen molar-refractivity contribution in [3.05, 3.63) is 29.6 Å². The van der Waals surface area contributed by atoms with Crippen LogP contribution in [-0.2, 0) is 16.6 Å². The van der Waals surface area contributed by atoms with Crippen LogP contribution in [0.3, 0.4) is 0 Å². The lowest BCUT2D eigenvalue weighted by Crippen LogP contribution is -2.33. The van der Waals surface area contributed by atoms with Crippen LogP contribution in [0.5, 0.6) is 0 Å². The maximum Gasteiger partial charge on any atom is 0.215 e. The Balaban J connectivity index is 2.61. The third kappa shape index (κ3) is 4.72. The second-order valence-corrected chi connectivity index (χ2v) is 6.39. The second-order valence-electron chi connectivity index (χ2n) is 4.20. The lowest BCUT2D eigenvalue weighted by molar-refractivity contribution is 0.460. The third-order valence-corrected chi connectivity index (χ3v) is 4.39. The highest BCUT2D eigenvalue weighted by atomic mass is 32.2. The summed E-state index contributed by atoms with van der Waals surface area (Å²) >= 11 is 0. The summed E-state index contributed by atoms with van der Waals surface area (Å²) in [6, 6.07) is 5.61. The van der Waals surface area contributed by atoms with E-state index in [1.807, 2.05) is 32.0 Å². The molecule has 0 aliphatic heterocycles. The zero-order chi connectivity index (χ0) is 13.6. The predicted molar refractivity (Wildman–Crippen MR) is 72.8 cm³/mol. The molecular weight excluding hydrogens is 250 g/mol. The molecule has 0 aliphatic rings. The number of hydrogen-bond donors (Lipinski definition) is 1. The monoisotopic (exact) mass is 271 g/mol. The van der Waals surface area contributed by atoms with Gasteiger partial charge < -0.3 is 5.32 Å². The molecule has 0 atom stereocenters. The van der Waals surface area contributed by atoms with E-state index in [9.17, 15) is 8.42 Å². The minimum absolute atomic E-state index is 0.114. The molecule has 0 saturated carbocycles. The van der Waals surface area contributed by atoms with E-state index in [1.54, 1.807) is 7.05 Å². The van der Waals surface area contributed by atoms with E-state index in [1.165, 1.54) is 4.31 Å². The topological polar surface area (TPSA) is 62.3 Å². The van der Waals surface area contributed by atoms with Crippen LogP contribution in [0.15, 0.2) is 18.2 Å². The number of nitrogens with zero attached hydrogens (tertiary/aromatic N) is 2. The highest BCUT2D eigenvalue weighted by Gasteiger charge is 2.17. The van der Waals surface area contributed by atoms with E-state index in [2.05, 4.69) is 10.3 Å². The molecular formula is C12H21N3O2S. The third-order valence-electron chi connectivity index (χ3n) is 2.59. The molecule has 0 radical (unpaired) electrons. The molecule has 1 N–H and O–H groups in total. The summed E-state index contributed by atoms with van der Waals surface area (Å²) in [4.78, 5) is 4.30. The maximum atomic E-state index is 12.0. The van der Waals surface area contributed by atoms with Crippen molar-refractivity contribution in [1.82, 2.24) is 14.6 Å². The smallest absolute Gasteiger partial charge is 0.215 e. The standard InChI is InChI=1S/C12H21N3O2S/c1-4-13-8-9-18(16,17)15(3)10-12-7-5-6-11(2)14-12/h5-7,13H,4,8-10H2,1-3H3. The molecule has 5 nitrogen and oxygen atoms in total. The van der Waals surface area contributed by atoms with Crippen LogP contribution in [0.1, 0.15) is 18.3 Å². The van der Waals surface area contributed by atoms with Crippen LogP contribution in [0.2, 0.25) is 0 Å². The van der Waals surface area contributed by atoms with Crippen molar-refractivity contribution in [1.29, 1.82) is 0 Å². The van der Waals surface area contributed by atoms with Crippen LogP contribution in [0, 0.1) is 6.92 Å². The molecule has 0 saturated heterocycles. The minimum atomic E-state index is -3.21. The molecule has 1 heterocycles. The van der Waals surface area contributed by atoms with E-state index < -0.39 is 10.0 Å². The average molecular weight is 271 g/mol. The van der Waals surface area contributed by atoms with Crippen molar-refractivity contribution >= 4 is 10.0 Å². The van der Waals surface area contributed by atoms with Crippen LogP contribution in [0.4, 0.5) is 0 Å². The second kappa shape index (κ2) is 6.82. The van der Waals surface area contributed by atoms with Gasteiger partial charge in [0.05, 0.1) is 18.0 Å². The molecule has 1 aromatic heterocycles. The van der Waals surface area contributed by atoms with Crippen LogP contribution >= 0.6 is 0 Å². The van der Waals surface area contributed by atoms with Crippen molar-refractivity contribution in [3.8, 4) is 0 Å². The molecule has 0 spiro atoms. The van der Waals surface area contributed by atoms with E-state index in [0.717, 1.165) is 17.9 Å². The lowest BCUT2D eigenvalue weighted by Gasteiger charge is -2.17. The van der Waals surface area contributed by atoms with Crippen LogP contribution in [0.25, 0.3) is 0 Å². The number of sulfonamides is 1. The number of hydrogen-bond acceptors (Lipinski definition) is 4. The molecule has 0 unspecified atom stereocenters. The highest BCUT2D eigenvalue weighted by molar-refractivity contribution is 7.89. The van der Waals surface area contributed by atoms with Gasteiger partial charge in [0.2, 0.25) is 10.0 Å². The SMILES string of the molecule is CCNCCS(=O)(=O)N(C)Cc1cccc(C)n1. The fourth-order valence-corrected chi connectivity index (χ4v) is 2.59. The fourth-order valence-electron chi connectivity index (χ4n) is 1.55. The number of aromatic nitrogens is 1. The van der Waals surface area contributed by atoms with Crippen molar-refractivity contribution in [3.63, 3.8) is 0 Å². The summed E-state index contributed by atoms with van der Waals surface area (Å²) < 4.78 is 25.3. The van der Waals surface area contributed by atoms with Crippen molar-refractivity contribution < 1.29 is 8.42 Å². The van der Waals surface area contributed by atoms with E-state index in [4.69, 9.17) is 0 Å². The zero-order valence-corrected chi connectivity index (χ0v) is 12.0. The first-order valence-corrected chi connectivity index (χ1v) is 7.64. The molecule has 0 fully saturated rings. The van der Waals surface area contributed by atoms with Gasteiger partial charge in [0.15, 0.2) is 0 Å². The van der Waals surface area contributed by atoms with Crippen molar-refractivity contribution in [2.75, 3.05) is 25.9 Å². The Morgan fingerprint density at radius 2 is 2.11 bits per heavy atom. The summed E-state index contributed by atoms with van der Waals surface area (Å²) in [5.41, 5.74) is 1.66. The summed E-state index contributed by atoms with van der Waals surface area (Å²) in [5.74, 6) is 0.114. The first-order chi connectivity index (χ1) is 8.45. The number of nitrogens with one attached hydrogen (secondary N) is 1. The Hall–Kier alpha value is -0.980. The van der Waals surface area contributed by atoms with Crippen LogP contribution in [-0.4, -0.2) is 43.6 Å². The summed E-state index contributed by atoms with van der Waals surface area (Å²) in [6.45, 7) is 5.41. The zero-order valence-electron chi connectivity index (χ0n) is 11.2. The molecule has 1 aromatic rings. The number of pyridine rings is 1. The molecule has 1 rings (SSSR count). The Morgan fingerprint density at radius 3 is 2.72 bits per heavy atom. The van der Waals surface area contributed by atoms with Crippen molar-refractivity contribution in [2.24, 2.45) is 0 Å². The quantitative estimate of drug-likeness (QED) is 0.744. The molecule has 0 bridgehead atoms. The van der Waals surface area contributed by atoms with Gasteiger partial charge in [-0.3, -0.25) is 4.98 Å². The van der Waals surface area contributed by atoms with Gasteiger partial charge in [0, 0.05) is 19.3 Å². The number of rotatable bonds is 7. The fraction of sp³-hybridized carbons (Fsp3) is 0.583. The molecule has 102 valence electrons. The van der Waals surface area contributed by atoms with Gasteiger partial charge in [-0.15, -0.1) is 0 Å². The van der Waals surface area contributed by atoms with Gasteiger partial charge in [-0.1, -0.05) is 13.0 Å². The molecule has 6 heteroatoms. The summed E-state index contributed by atoms with van der Waals surface area (Å²) in [6.07, 6.45) is 0. The van der Waals surface area contributed by atoms with E-state index >= 15 is 0 Å². The van der Waals surface area contributed by atoms with Crippen LogP contribution < -0.4 is 5.32 Å². The summed E-state index contributed by atoms with van der Waals surface area (Å²) in [5, 5.41) is 3.01. The normalized spacial score (nSPS) is 12.0. The first kappa shape index (κ1) is 15.1. The van der Waals surface area contributed by atoms with Gasteiger partial charge >= 0.3 is 0 Å². The minimum Gasteiger partial charge on any atom is -0.316 e. The molecule has 0 aromatic carbocycles. The Morgan fingerprint density at radius 1 is 1.39 bits per heavy atom. The first-order valence-electron chi connectivity index (χ1n) is 6.03. The molecule has 0 aliphatic carbocycles. The average Bonchev–Trinajstić information content (AvgIpc) is 2.29. The van der Waals surface area contributed by atoms with Crippen molar-refractivity contribution in [2.45, 2.75) is 20.4 Å². The predicted octanol–water partition coefficient (Wildman–Crippen LogP) is 0.761. The van der Waals surface area contributed by atoms with E-state index in [0.29, 0.717) is 13.1 Å². The van der Waals surface area contributed by atoms with Gasteiger partial charge in [-0.25, -0.2) is 8.42 Å². The highest BCUT2D eigenvalue weighted by Crippen LogP contribution is 2.06. The van der Waals surface area contributed by atoms with Gasteiger partial charge in [-0.05, 0) is 25.6 Å².